The van der Waals surface area contributed by atoms with Crippen LogP contribution < -0.4 is 5.32 Å². The molecule has 0 amide bonds. The summed E-state index contributed by atoms with van der Waals surface area (Å²) in [4.78, 5) is 11.7. The Balaban J connectivity index is 1.74. The third kappa shape index (κ3) is 11.1. The second-order valence-corrected chi connectivity index (χ2v) is 8.56. The first-order valence-electron chi connectivity index (χ1n) is 9.62. The highest BCUT2D eigenvalue weighted by atomic mass is 31.2. The standard InChI is InChI=1S/C22H30NO5P/c1-22(2,3)28-21(24)16-23-14-15-25-29(26-17-19-10-6-4-7-11-19)27-18-20-12-8-5-9-13-20/h4-13,23H,14-18H2,1-3H3. The third-order valence-corrected chi connectivity index (χ3v) is 4.60. The summed E-state index contributed by atoms with van der Waals surface area (Å²) in [7, 11) is -1.52. The van der Waals surface area contributed by atoms with Crippen molar-refractivity contribution in [2.75, 3.05) is 19.7 Å². The molecule has 2 aromatic carbocycles. The van der Waals surface area contributed by atoms with Crippen molar-refractivity contribution in [1.82, 2.24) is 5.32 Å². The molecule has 2 rings (SSSR count). The van der Waals surface area contributed by atoms with Crippen molar-refractivity contribution in [1.29, 1.82) is 0 Å². The van der Waals surface area contributed by atoms with E-state index in [1.165, 1.54) is 0 Å². The van der Waals surface area contributed by atoms with E-state index in [1.54, 1.807) is 0 Å². The summed E-state index contributed by atoms with van der Waals surface area (Å²) < 4.78 is 22.7. The Morgan fingerprint density at radius 1 is 0.862 bits per heavy atom. The Morgan fingerprint density at radius 2 is 1.38 bits per heavy atom. The smallest absolute Gasteiger partial charge is 0.333 e. The highest BCUT2D eigenvalue weighted by Crippen LogP contribution is 2.41. The van der Waals surface area contributed by atoms with Crippen LogP contribution in [0.15, 0.2) is 60.7 Å². The molecule has 0 fully saturated rings. The zero-order chi connectivity index (χ0) is 21.0. The van der Waals surface area contributed by atoms with Gasteiger partial charge in [-0.1, -0.05) is 60.7 Å². The van der Waals surface area contributed by atoms with E-state index in [0.29, 0.717) is 26.4 Å². The lowest BCUT2D eigenvalue weighted by Crippen LogP contribution is -2.32. The van der Waals surface area contributed by atoms with Crippen LogP contribution in [0.1, 0.15) is 31.9 Å². The molecule has 0 saturated carbocycles. The number of rotatable bonds is 12. The Morgan fingerprint density at radius 3 is 1.86 bits per heavy atom. The number of nitrogens with one attached hydrogen (secondary N) is 1. The first kappa shape index (κ1) is 23.5. The van der Waals surface area contributed by atoms with E-state index in [-0.39, 0.29) is 12.5 Å². The summed E-state index contributed by atoms with van der Waals surface area (Å²) >= 11 is 0. The predicted octanol–water partition coefficient (Wildman–Crippen LogP) is 4.59. The van der Waals surface area contributed by atoms with Crippen molar-refractivity contribution in [3.63, 3.8) is 0 Å². The molecule has 0 spiro atoms. The predicted molar refractivity (Wildman–Crippen MR) is 114 cm³/mol. The van der Waals surface area contributed by atoms with Crippen molar-refractivity contribution < 1.29 is 23.1 Å². The fourth-order valence-electron chi connectivity index (χ4n) is 2.28. The van der Waals surface area contributed by atoms with Gasteiger partial charge < -0.3 is 23.6 Å². The maximum atomic E-state index is 11.7. The lowest BCUT2D eigenvalue weighted by atomic mass is 10.2. The molecule has 0 aliphatic carbocycles. The number of benzene rings is 2. The van der Waals surface area contributed by atoms with Crippen LogP contribution in [-0.4, -0.2) is 31.3 Å². The van der Waals surface area contributed by atoms with E-state index in [4.69, 9.17) is 18.3 Å². The van der Waals surface area contributed by atoms with Gasteiger partial charge in [-0.15, -0.1) is 0 Å². The zero-order valence-electron chi connectivity index (χ0n) is 17.3. The highest BCUT2D eigenvalue weighted by Gasteiger charge is 2.16. The number of carbonyl (C=O) groups excluding carboxylic acids is 1. The SMILES string of the molecule is CC(C)(C)OC(=O)CNCCOP(OCc1ccccc1)OCc1ccccc1. The molecule has 1 N–H and O–H groups in total. The van der Waals surface area contributed by atoms with E-state index in [9.17, 15) is 4.79 Å². The van der Waals surface area contributed by atoms with Gasteiger partial charge in [-0.3, -0.25) is 4.79 Å². The summed E-state index contributed by atoms with van der Waals surface area (Å²) in [5, 5.41) is 3.01. The molecule has 0 aromatic heterocycles. The second kappa shape index (κ2) is 12.7. The Bertz CT molecular complexity index is 663. The molecule has 7 heteroatoms. The Kier molecular flexibility index (Phi) is 10.3. The quantitative estimate of drug-likeness (QED) is 0.308. The Labute approximate surface area is 174 Å². The van der Waals surface area contributed by atoms with Gasteiger partial charge in [0.1, 0.15) is 5.60 Å². The summed E-state index contributed by atoms with van der Waals surface area (Å²) in [6, 6.07) is 19.8. The molecular weight excluding hydrogens is 389 g/mol. The van der Waals surface area contributed by atoms with Gasteiger partial charge in [0.15, 0.2) is 0 Å². The minimum Gasteiger partial charge on any atom is -0.459 e. The molecule has 0 aliphatic rings. The molecule has 158 valence electrons. The van der Waals surface area contributed by atoms with Gasteiger partial charge in [0.25, 0.3) is 0 Å². The van der Waals surface area contributed by atoms with Crippen molar-refractivity contribution in [2.45, 2.75) is 39.6 Å². The highest BCUT2D eigenvalue weighted by molar-refractivity contribution is 7.41. The second-order valence-electron chi connectivity index (χ2n) is 7.34. The van der Waals surface area contributed by atoms with Crippen LogP contribution in [0.5, 0.6) is 0 Å². The van der Waals surface area contributed by atoms with Crippen molar-refractivity contribution >= 4 is 14.6 Å². The van der Waals surface area contributed by atoms with Crippen LogP contribution in [0.4, 0.5) is 0 Å². The first-order valence-corrected chi connectivity index (χ1v) is 10.7. The summed E-state index contributed by atoms with van der Waals surface area (Å²) in [5.41, 5.74) is 1.62. The summed E-state index contributed by atoms with van der Waals surface area (Å²) in [6.45, 7) is 7.33. The number of ether oxygens (including phenoxy) is 1. The molecule has 0 saturated heterocycles. The number of hydrogen-bond acceptors (Lipinski definition) is 6. The average molecular weight is 419 g/mol. The third-order valence-electron chi connectivity index (χ3n) is 3.52. The van der Waals surface area contributed by atoms with E-state index in [0.717, 1.165) is 11.1 Å². The van der Waals surface area contributed by atoms with Crippen LogP contribution >= 0.6 is 8.60 Å². The zero-order valence-corrected chi connectivity index (χ0v) is 18.2. The molecule has 6 nitrogen and oxygen atoms in total. The molecule has 0 unspecified atom stereocenters. The Hall–Kier alpha value is -1.82. The minimum absolute atomic E-state index is 0.133. The van der Waals surface area contributed by atoms with E-state index in [1.807, 2.05) is 81.4 Å². The normalized spacial score (nSPS) is 11.6. The fraction of sp³-hybridized carbons (Fsp3) is 0.409. The lowest BCUT2D eigenvalue weighted by Gasteiger charge is -2.20. The molecule has 0 heterocycles. The van der Waals surface area contributed by atoms with Crippen LogP contribution in [0.25, 0.3) is 0 Å². The van der Waals surface area contributed by atoms with Gasteiger partial charge in [0.05, 0.1) is 26.4 Å². The lowest BCUT2D eigenvalue weighted by molar-refractivity contribution is -0.153. The topological polar surface area (TPSA) is 66.0 Å². The van der Waals surface area contributed by atoms with Gasteiger partial charge in [0, 0.05) is 6.54 Å². The molecular formula is C22H30NO5P. The molecule has 0 aliphatic heterocycles. The molecule has 0 bridgehead atoms. The average Bonchev–Trinajstić information content (AvgIpc) is 2.69. The number of hydrogen-bond donors (Lipinski definition) is 1. The van der Waals surface area contributed by atoms with E-state index >= 15 is 0 Å². The van der Waals surface area contributed by atoms with Gasteiger partial charge >= 0.3 is 14.6 Å². The summed E-state index contributed by atoms with van der Waals surface area (Å²) in [5.74, 6) is -0.291. The molecule has 29 heavy (non-hydrogen) atoms. The maximum absolute atomic E-state index is 11.7. The maximum Gasteiger partial charge on any atom is 0.333 e. The van der Waals surface area contributed by atoms with Crippen LogP contribution in [0.2, 0.25) is 0 Å². The van der Waals surface area contributed by atoms with E-state index in [2.05, 4.69) is 5.32 Å². The van der Waals surface area contributed by atoms with Gasteiger partial charge in [-0.25, -0.2) is 0 Å². The van der Waals surface area contributed by atoms with Crippen LogP contribution in [0.3, 0.4) is 0 Å². The van der Waals surface area contributed by atoms with Gasteiger partial charge in [-0.2, -0.15) is 0 Å². The van der Waals surface area contributed by atoms with Crippen molar-refractivity contribution in [3.8, 4) is 0 Å². The van der Waals surface area contributed by atoms with Crippen molar-refractivity contribution in [2.24, 2.45) is 0 Å². The van der Waals surface area contributed by atoms with Gasteiger partial charge in [-0.05, 0) is 31.9 Å². The molecule has 2 aromatic rings. The van der Waals surface area contributed by atoms with Gasteiger partial charge in [0.2, 0.25) is 0 Å². The minimum atomic E-state index is -1.52. The fourth-order valence-corrected chi connectivity index (χ4v) is 3.25. The number of carbonyl (C=O) groups is 1. The van der Waals surface area contributed by atoms with Crippen LogP contribution in [0, 0.1) is 0 Å². The number of esters is 1. The first-order chi connectivity index (χ1) is 13.9. The van der Waals surface area contributed by atoms with Crippen molar-refractivity contribution in [3.05, 3.63) is 71.8 Å². The summed E-state index contributed by atoms with van der Waals surface area (Å²) in [6.07, 6.45) is 0. The van der Waals surface area contributed by atoms with E-state index < -0.39 is 14.2 Å². The molecule has 0 atom stereocenters. The largest absolute Gasteiger partial charge is 0.459 e. The monoisotopic (exact) mass is 419 g/mol. The van der Waals surface area contributed by atoms with Crippen LogP contribution in [-0.2, 0) is 36.3 Å². The molecule has 0 radical (unpaired) electrons.